The molecular formula is C16H26N2O3. The Bertz CT molecular complexity index is 475. The molecule has 0 radical (unpaired) electrons. The number of carbonyl (C=O) groups excluding carboxylic acids is 1. The topological polar surface area (TPSA) is 64.8 Å². The van der Waals surface area contributed by atoms with Gasteiger partial charge in [-0.3, -0.25) is 0 Å². The number of hydrogen-bond donors (Lipinski definition) is 1. The molecular weight excluding hydrogens is 268 g/mol. The largest absolute Gasteiger partial charge is 0.495 e. The summed E-state index contributed by atoms with van der Waals surface area (Å²) in [5.74, 6) is 1.28. The molecule has 118 valence electrons. The van der Waals surface area contributed by atoms with Gasteiger partial charge in [-0.05, 0) is 29.9 Å². The molecule has 0 saturated carbocycles. The van der Waals surface area contributed by atoms with Gasteiger partial charge in [0, 0.05) is 14.1 Å². The molecule has 1 aromatic rings. The lowest BCUT2D eigenvalue weighted by atomic mass is 9.84. The fraction of sp³-hybridized carbons (Fsp3) is 0.562. The summed E-state index contributed by atoms with van der Waals surface area (Å²) in [5, 5.41) is 0. The molecule has 5 heteroatoms. The standard InChI is InChI=1S/C16H26N2O3/c1-6-12(11(2)10-21-16(17)19)13-8-7-9-14(20-5)15(13)18(3)4/h7-9,11-12H,6,10H2,1-5H3,(H2,17,19). The van der Waals surface area contributed by atoms with Crippen LogP contribution in [0, 0.1) is 5.92 Å². The van der Waals surface area contributed by atoms with E-state index in [1.807, 2.05) is 26.2 Å². The van der Waals surface area contributed by atoms with Crippen molar-refractivity contribution in [2.45, 2.75) is 26.2 Å². The van der Waals surface area contributed by atoms with Gasteiger partial charge in [-0.1, -0.05) is 26.0 Å². The minimum Gasteiger partial charge on any atom is -0.495 e. The van der Waals surface area contributed by atoms with Crippen LogP contribution in [0.3, 0.4) is 0 Å². The minimum absolute atomic E-state index is 0.174. The maximum absolute atomic E-state index is 10.8. The van der Waals surface area contributed by atoms with Crippen molar-refractivity contribution < 1.29 is 14.3 Å². The normalized spacial score (nSPS) is 13.4. The molecule has 0 fully saturated rings. The monoisotopic (exact) mass is 294 g/mol. The number of methoxy groups -OCH3 is 1. The summed E-state index contributed by atoms with van der Waals surface area (Å²) in [6.45, 7) is 4.51. The summed E-state index contributed by atoms with van der Waals surface area (Å²) >= 11 is 0. The van der Waals surface area contributed by atoms with Crippen LogP contribution in [0.4, 0.5) is 10.5 Å². The Hall–Kier alpha value is -1.91. The van der Waals surface area contributed by atoms with Crippen LogP contribution in [0.5, 0.6) is 5.75 Å². The van der Waals surface area contributed by atoms with E-state index in [-0.39, 0.29) is 11.8 Å². The molecule has 0 aliphatic carbocycles. The highest BCUT2D eigenvalue weighted by atomic mass is 16.5. The van der Waals surface area contributed by atoms with Gasteiger partial charge in [0.15, 0.2) is 0 Å². The summed E-state index contributed by atoms with van der Waals surface area (Å²) in [5.41, 5.74) is 7.32. The highest BCUT2D eigenvalue weighted by molar-refractivity contribution is 5.65. The van der Waals surface area contributed by atoms with E-state index in [2.05, 4.69) is 24.8 Å². The lowest BCUT2D eigenvalue weighted by Gasteiger charge is -2.28. The minimum atomic E-state index is -0.727. The molecule has 0 spiro atoms. The Labute approximate surface area is 127 Å². The average molecular weight is 294 g/mol. The molecule has 1 aromatic carbocycles. The molecule has 1 amide bonds. The number of primary amides is 1. The van der Waals surface area contributed by atoms with Crippen molar-refractivity contribution >= 4 is 11.8 Å². The quantitative estimate of drug-likeness (QED) is 0.839. The number of para-hydroxylation sites is 1. The van der Waals surface area contributed by atoms with E-state index < -0.39 is 6.09 Å². The molecule has 0 aliphatic heterocycles. The van der Waals surface area contributed by atoms with Crippen molar-refractivity contribution in [2.24, 2.45) is 11.7 Å². The summed E-state index contributed by atoms with van der Waals surface area (Å²) in [7, 11) is 5.67. The average Bonchev–Trinajstić information content (AvgIpc) is 2.45. The molecule has 0 heterocycles. The second-order valence-corrected chi connectivity index (χ2v) is 5.41. The van der Waals surface area contributed by atoms with Crippen LogP contribution < -0.4 is 15.4 Å². The van der Waals surface area contributed by atoms with Crippen LogP contribution in [-0.2, 0) is 4.74 Å². The summed E-state index contributed by atoms with van der Waals surface area (Å²) in [4.78, 5) is 12.9. The van der Waals surface area contributed by atoms with Crippen LogP contribution in [0.15, 0.2) is 18.2 Å². The van der Waals surface area contributed by atoms with Gasteiger partial charge < -0.3 is 20.1 Å². The van der Waals surface area contributed by atoms with Crippen molar-refractivity contribution in [1.82, 2.24) is 0 Å². The molecule has 1 rings (SSSR count). The first kappa shape index (κ1) is 17.1. The fourth-order valence-corrected chi connectivity index (χ4v) is 2.74. The number of nitrogens with zero attached hydrogens (tertiary/aromatic N) is 1. The maximum Gasteiger partial charge on any atom is 0.404 e. The summed E-state index contributed by atoms with van der Waals surface area (Å²) < 4.78 is 10.4. The third kappa shape index (κ3) is 4.28. The number of amides is 1. The molecule has 21 heavy (non-hydrogen) atoms. The van der Waals surface area contributed by atoms with Crippen molar-refractivity contribution in [3.05, 3.63) is 23.8 Å². The number of ether oxygens (including phenoxy) is 2. The smallest absolute Gasteiger partial charge is 0.404 e. The second-order valence-electron chi connectivity index (χ2n) is 5.41. The van der Waals surface area contributed by atoms with Gasteiger partial charge in [0.05, 0.1) is 19.4 Å². The zero-order chi connectivity index (χ0) is 16.0. The Morgan fingerprint density at radius 3 is 2.52 bits per heavy atom. The van der Waals surface area contributed by atoms with Gasteiger partial charge in [0.2, 0.25) is 0 Å². The fourth-order valence-electron chi connectivity index (χ4n) is 2.74. The van der Waals surface area contributed by atoms with Crippen LogP contribution in [-0.4, -0.2) is 33.9 Å². The lowest BCUT2D eigenvalue weighted by molar-refractivity contribution is 0.132. The van der Waals surface area contributed by atoms with Gasteiger partial charge in [-0.2, -0.15) is 0 Å². The van der Waals surface area contributed by atoms with Gasteiger partial charge >= 0.3 is 6.09 Å². The zero-order valence-electron chi connectivity index (χ0n) is 13.6. The van der Waals surface area contributed by atoms with Crippen molar-refractivity contribution in [3.8, 4) is 5.75 Å². The number of nitrogens with two attached hydrogens (primary N) is 1. The van der Waals surface area contributed by atoms with Crippen molar-refractivity contribution in [1.29, 1.82) is 0 Å². The van der Waals surface area contributed by atoms with Crippen LogP contribution in [0.2, 0.25) is 0 Å². The first-order valence-corrected chi connectivity index (χ1v) is 7.18. The van der Waals surface area contributed by atoms with E-state index >= 15 is 0 Å². The van der Waals surface area contributed by atoms with Crippen LogP contribution >= 0.6 is 0 Å². The number of hydrogen-bond acceptors (Lipinski definition) is 4. The molecule has 0 saturated heterocycles. The molecule has 2 N–H and O–H groups in total. The lowest BCUT2D eigenvalue weighted by Crippen LogP contribution is -2.23. The van der Waals surface area contributed by atoms with Gasteiger partial charge in [-0.25, -0.2) is 4.79 Å². The molecule has 5 nitrogen and oxygen atoms in total. The van der Waals surface area contributed by atoms with E-state index in [4.69, 9.17) is 15.2 Å². The third-order valence-corrected chi connectivity index (χ3v) is 3.71. The molecule has 0 aromatic heterocycles. The predicted molar refractivity (Wildman–Crippen MR) is 85.1 cm³/mol. The van der Waals surface area contributed by atoms with Crippen LogP contribution in [0.25, 0.3) is 0 Å². The summed E-state index contributed by atoms with van der Waals surface area (Å²) in [6.07, 6.45) is 0.215. The number of carbonyl (C=O) groups is 1. The summed E-state index contributed by atoms with van der Waals surface area (Å²) in [6, 6.07) is 6.05. The number of anilines is 1. The Morgan fingerprint density at radius 1 is 1.38 bits per heavy atom. The van der Waals surface area contributed by atoms with Gasteiger partial charge in [0.1, 0.15) is 5.75 Å². The number of benzene rings is 1. The van der Waals surface area contributed by atoms with E-state index in [9.17, 15) is 4.79 Å². The highest BCUT2D eigenvalue weighted by Gasteiger charge is 2.24. The Morgan fingerprint density at radius 2 is 2.05 bits per heavy atom. The predicted octanol–water partition coefficient (Wildman–Crippen LogP) is 2.99. The zero-order valence-corrected chi connectivity index (χ0v) is 13.6. The van der Waals surface area contributed by atoms with Crippen molar-refractivity contribution in [2.75, 3.05) is 32.7 Å². The Kier molecular flexibility index (Phi) is 6.34. The first-order valence-electron chi connectivity index (χ1n) is 7.18. The Balaban J connectivity index is 3.12. The second kappa shape index (κ2) is 7.76. The molecule has 0 bridgehead atoms. The van der Waals surface area contributed by atoms with E-state index in [0.29, 0.717) is 6.61 Å². The van der Waals surface area contributed by atoms with Crippen molar-refractivity contribution in [3.63, 3.8) is 0 Å². The van der Waals surface area contributed by atoms with Gasteiger partial charge in [0.25, 0.3) is 0 Å². The van der Waals surface area contributed by atoms with Crippen LogP contribution in [0.1, 0.15) is 31.7 Å². The highest BCUT2D eigenvalue weighted by Crippen LogP contribution is 2.39. The van der Waals surface area contributed by atoms with E-state index in [1.54, 1.807) is 7.11 Å². The van der Waals surface area contributed by atoms with E-state index in [0.717, 1.165) is 17.9 Å². The molecule has 2 atom stereocenters. The maximum atomic E-state index is 10.8. The molecule has 2 unspecified atom stereocenters. The molecule has 0 aliphatic rings. The number of rotatable bonds is 7. The van der Waals surface area contributed by atoms with E-state index in [1.165, 1.54) is 5.56 Å². The first-order chi connectivity index (χ1) is 9.92. The third-order valence-electron chi connectivity index (χ3n) is 3.71. The SMILES string of the molecule is CCC(c1cccc(OC)c1N(C)C)C(C)COC(N)=O. The van der Waals surface area contributed by atoms with Gasteiger partial charge in [-0.15, -0.1) is 0 Å².